The van der Waals surface area contributed by atoms with E-state index in [2.05, 4.69) is 61.2 Å². The predicted molar refractivity (Wildman–Crippen MR) is 136 cm³/mol. The molecule has 0 amide bonds. The van der Waals surface area contributed by atoms with Crippen LogP contribution in [0.1, 0.15) is 75.8 Å². The van der Waals surface area contributed by atoms with Gasteiger partial charge >= 0.3 is 0 Å². The smallest absolute Gasteiger partial charge is 0.119 e. The van der Waals surface area contributed by atoms with E-state index in [0.29, 0.717) is 0 Å². The molecule has 0 aliphatic carbocycles. The first-order valence-corrected chi connectivity index (χ1v) is 13.0. The zero-order valence-corrected chi connectivity index (χ0v) is 20.7. The Hall–Kier alpha value is -1.88. The van der Waals surface area contributed by atoms with Crippen molar-refractivity contribution < 1.29 is 14.6 Å². The van der Waals surface area contributed by atoms with Gasteiger partial charge in [-0.25, -0.2) is 0 Å². The molecule has 1 saturated heterocycles. The molecule has 1 heterocycles. The highest BCUT2D eigenvalue weighted by Gasteiger charge is 2.40. The number of hydrogen-bond donors (Lipinski definition) is 1. The standard InChI is InChI=1S/C29H43NO3/c1-3-5-7-11-18-29(31,26-14-16-27(17-15-26)33-21-6-4-2)28(25-12-9-8-10-13-25)24-30-19-22-32-23-20-30/h8-10,12-17,28,31H,3-7,11,18-24H2,1-2H3/t28-,29-/m1/s1. The van der Waals surface area contributed by atoms with E-state index in [4.69, 9.17) is 9.47 Å². The Labute approximate surface area is 200 Å². The Bertz CT molecular complexity index is 773. The normalized spacial score (nSPS) is 17.4. The van der Waals surface area contributed by atoms with Gasteiger partial charge in [0.25, 0.3) is 0 Å². The molecule has 0 bridgehead atoms. The van der Waals surface area contributed by atoms with Gasteiger partial charge in [0.1, 0.15) is 5.75 Å². The van der Waals surface area contributed by atoms with Gasteiger partial charge in [0.15, 0.2) is 0 Å². The number of benzene rings is 2. The molecule has 33 heavy (non-hydrogen) atoms. The summed E-state index contributed by atoms with van der Waals surface area (Å²) in [6.07, 6.45) is 7.50. The van der Waals surface area contributed by atoms with Gasteiger partial charge in [0.05, 0.1) is 25.4 Å². The van der Waals surface area contributed by atoms with Gasteiger partial charge in [0, 0.05) is 25.6 Å². The second kappa shape index (κ2) is 13.7. The van der Waals surface area contributed by atoms with E-state index < -0.39 is 5.60 Å². The SMILES string of the molecule is CCCCCC[C@@](O)(c1ccc(OCCCC)cc1)[C@H](CN1CCOCC1)c1ccccc1. The third-order valence-corrected chi connectivity index (χ3v) is 6.86. The quantitative estimate of drug-likeness (QED) is 0.349. The molecule has 0 radical (unpaired) electrons. The van der Waals surface area contributed by atoms with Crippen molar-refractivity contribution >= 4 is 0 Å². The first kappa shape index (κ1) is 25.7. The molecule has 0 unspecified atom stereocenters. The minimum absolute atomic E-state index is 0.00899. The summed E-state index contributed by atoms with van der Waals surface area (Å²) >= 11 is 0. The van der Waals surface area contributed by atoms with Gasteiger partial charge < -0.3 is 14.6 Å². The Morgan fingerprint density at radius 1 is 0.909 bits per heavy atom. The molecule has 4 nitrogen and oxygen atoms in total. The zero-order valence-electron chi connectivity index (χ0n) is 20.7. The van der Waals surface area contributed by atoms with Gasteiger partial charge in [-0.1, -0.05) is 88.4 Å². The van der Waals surface area contributed by atoms with Crippen molar-refractivity contribution in [1.29, 1.82) is 0 Å². The third kappa shape index (κ3) is 7.56. The Morgan fingerprint density at radius 2 is 1.61 bits per heavy atom. The summed E-state index contributed by atoms with van der Waals surface area (Å²) < 4.78 is 11.5. The maximum absolute atomic E-state index is 12.4. The average molecular weight is 454 g/mol. The fraction of sp³-hybridized carbons (Fsp3) is 0.586. The van der Waals surface area contributed by atoms with Crippen LogP contribution in [0.25, 0.3) is 0 Å². The zero-order chi connectivity index (χ0) is 23.4. The minimum atomic E-state index is -0.935. The molecule has 2 aromatic carbocycles. The van der Waals surface area contributed by atoms with Crippen molar-refractivity contribution in [2.45, 2.75) is 70.3 Å². The van der Waals surface area contributed by atoms with E-state index >= 15 is 0 Å². The van der Waals surface area contributed by atoms with Gasteiger partial charge in [-0.2, -0.15) is 0 Å². The molecular formula is C29H43NO3. The molecule has 182 valence electrons. The lowest BCUT2D eigenvalue weighted by atomic mass is 9.74. The Balaban J connectivity index is 1.90. The fourth-order valence-corrected chi connectivity index (χ4v) is 4.77. The summed E-state index contributed by atoms with van der Waals surface area (Å²) in [5, 5.41) is 12.4. The van der Waals surface area contributed by atoms with Gasteiger partial charge in [-0.3, -0.25) is 4.90 Å². The first-order valence-electron chi connectivity index (χ1n) is 13.0. The summed E-state index contributed by atoms with van der Waals surface area (Å²) in [7, 11) is 0. The number of rotatable bonds is 14. The van der Waals surface area contributed by atoms with Gasteiger partial charge in [-0.15, -0.1) is 0 Å². The first-order chi connectivity index (χ1) is 16.2. The summed E-state index contributed by atoms with van der Waals surface area (Å²) in [5.74, 6) is 0.871. The van der Waals surface area contributed by atoms with Crippen LogP contribution in [-0.4, -0.2) is 49.5 Å². The molecule has 0 spiro atoms. The number of morpholine rings is 1. The Kier molecular flexibility index (Phi) is 10.7. The number of unbranched alkanes of at least 4 members (excludes halogenated alkanes) is 4. The number of ether oxygens (including phenoxy) is 2. The van der Waals surface area contributed by atoms with E-state index in [1.165, 1.54) is 18.4 Å². The molecule has 0 saturated carbocycles. The molecule has 1 aliphatic rings. The van der Waals surface area contributed by atoms with E-state index in [0.717, 1.165) is 82.9 Å². The molecule has 1 N–H and O–H groups in total. The molecule has 2 atom stereocenters. The van der Waals surface area contributed by atoms with E-state index in [-0.39, 0.29) is 5.92 Å². The number of nitrogens with zero attached hydrogens (tertiary/aromatic N) is 1. The fourth-order valence-electron chi connectivity index (χ4n) is 4.77. The van der Waals surface area contributed by atoms with Crippen molar-refractivity contribution in [2.75, 3.05) is 39.5 Å². The Morgan fingerprint density at radius 3 is 2.27 bits per heavy atom. The predicted octanol–water partition coefficient (Wildman–Crippen LogP) is 6.14. The van der Waals surface area contributed by atoms with Crippen LogP contribution in [0, 0.1) is 0 Å². The highest BCUT2D eigenvalue weighted by molar-refractivity contribution is 5.35. The van der Waals surface area contributed by atoms with E-state index in [1.807, 2.05) is 12.1 Å². The van der Waals surface area contributed by atoms with Gasteiger partial charge in [-0.05, 0) is 36.1 Å². The third-order valence-electron chi connectivity index (χ3n) is 6.86. The summed E-state index contributed by atoms with van der Waals surface area (Å²) in [6.45, 7) is 9.32. The van der Waals surface area contributed by atoms with Crippen LogP contribution in [-0.2, 0) is 10.3 Å². The highest BCUT2D eigenvalue weighted by atomic mass is 16.5. The van der Waals surface area contributed by atoms with E-state index in [1.54, 1.807) is 0 Å². The van der Waals surface area contributed by atoms with Crippen molar-refractivity contribution in [3.63, 3.8) is 0 Å². The number of hydrogen-bond acceptors (Lipinski definition) is 4. The highest BCUT2D eigenvalue weighted by Crippen LogP contribution is 2.42. The lowest BCUT2D eigenvalue weighted by Crippen LogP contribution is -2.45. The minimum Gasteiger partial charge on any atom is -0.494 e. The molecular weight excluding hydrogens is 410 g/mol. The molecule has 3 rings (SSSR count). The monoisotopic (exact) mass is 453 g/mol. The van der Waals surface area contributed by atoms with Crippen LogP contribution in [0.3, 0.4) is 0 Å². The van der Waals surface area contributed by atoms with Crippen LogP contribution in [0.15, 0.2) is 54.6 Å². The second-order valence-electron chi connectivity index (χ2n) is 9.34. The molecule has 0 aromatic heterocycles. The average Bonchev–Trinajstić information content (AvgIpc) is 2.87. The number of aliphatic hydroxyl groups is 1. The topological polar surface area (TPSA) is 41.9 Å². The maximum Gasteiger partial charge on any atom is 0.119 e. The lowest BCUT2D eigenvalue weighted by Gasteiger charge is -2.41. The molecule has 1 aliphatic heterocycles. The second-order valence-corrected chi connectivity index (χ2v) is 9.34. The summed E-state index contributed by atoms with van der Waals surface area (Å²) in [5.41, 5.74) is 1.25. The largest absolute Gasteiger partial charge is 0.494 e. The van der Waals surface area contributed by atoms with Crippen molar-refractivity contribution in [2.24, 2.45) is 0 Å². The van der Waals surface area contributed by atoms with Crippen molar-refractivity contribution in [3.8, 4) is 5.75 Å². The maximum atomic E-state index is 12.4. The van der Waals surface area contributed by atoms with Crippen LogP contribution in [0.5, 0.6) is 5.75 Å². The van der Waals surface area contributed by atoms with E-state index in [9.17, 15) is 5.11 Å². The van der Waals surface area contributed by atoms with Gasteiger partial charge in [0.2, 0.25) is 0 Å². The van der Waals surface area contributed by atoms with Crippen LogP contribution in [0.2, 0.25) is 0 Å². The molecule has 4 heteroatoms. The van der Waals surface area contributed by atoms with Crippen LogP contribution < -0.4 is 4.74 Å². The van der Waals surface area contributed by atoms with Crippen LogP contribution in [0.4, 0.5) is 0 Å². The summed E-state index contributed by atoms with van der Waals surface area (Å²) in [4.78, 5) is 2.44. The lowest BCUT2D eigenvalue weighted by molar-refractivity contribution is -0.0296. The van der Waals surface area contributed by atoms with Crippen molar-refractivity contribution in [1.82, 2.24) is 4.90 Å². The summed E-state index contributed by atoms with van der Waals surface area (Å²) in [6, 6.07) is 18.8. The van der Waals surface area contributed by atoms with Crippen molar-refractivity contribution in [3.05, 3.63) is 65.7 Å². The van der Waals surface area contributed by atoms with Crippen LogP contribution >= 0.6 is 0 Å². The molecule has 2 aromatic rings. The molecule has 1 fully saturated rings.